The van der Waals surface area contributed by atoms with Crippen LogP contribution in [0.3, 0.4) is 0 Å². The van der Waals surface area contributed by atoms with E-state index in [4.69, 9.17) is 4.74 Å². The van der Waals surface area contributed by atoms with E-state index in [1.807, 2.05) is 31.2 Å². The molecule has 0 aliphatic carbocycles. The van der Waals surface area contributed by atoms with Gasteiger partial charge in [-0.1, -0.05) is 56.1 Å². The number of barbiturate groups is 1. The number of ether oxygens (including phenoxy) is 1. The van der Waals surface area contributed by atoms with E-state index >= 15 is 0 Å². The number of nitrogens with one attached hydrogen (secondary N) is 1. The first-order valence-corrected chi connectivity index (χ1v) is 11.6. The number of carbonyl (C=O) groups is 3. The zero-order valence-corrected chi connectivity index (χ0v) is 20.6. The highest BCUT2D eigenvalue weighted by Gasteiger charge is 2.36. The van der Waals surface area contributed by atoms with Crippen molar-refractivity contribution in [2.24, 2.45) is 0 Å². The van der Waals surface area contributed by atoms with Gasteiger partial charge in [-0.2, -0.15) is 0 Å². The standard InChI is InChI=1S/C25H18Br2N2O4/c1-15-12-19(8-11-22(15)27)29-24(31)21(23(30)28-25(29)32)13-16-4-9-20(10-5-16)33-14-17-2-6-18(26)7-3-17/h2-13H,14H2,1H3,(H,28,30,32)/b21-13+. The number of amides is 4. The Balaban J connectivity index is 1.52. The van der Waals surface area contributed by atoms with Crippen LogP contribution in [0, 0.1) is 6.92 Å². The lowest BCUT2D eigenvalue weighted by Crippen LogP contribution is -2.54. The Labute approximate surface area is 207 Å². The molecule has 0 unspecified atom stereocenters. The van der Waals surface area contributed by atoms with Crippen molar-refractivity contribution in [1.82, 2.24) is 5.32 Å². The average molecular weight is 570 g/mol. The van der Waals surface area contributed by atoms with E-state index < -0.39 is 17.8 Å². The number of hydrogen-bond acceptors (Lipinski definition) is 4. The van der Waals surface area contributed by atoms with E-state index in [1.54, 1.807) is 42.5 Å². The number of hydrogen-bond donors (Lipinski definition) is 1. The minimum atomic E-state index is -0.777. The quantitative estimate of drug-likeness (QED) is 0.313. The molecule has 0 spiro atoms. The summed E-state index contributed by atoms with van der Waals surface area (Å²) >= 11 is 6.80. The summed E-state index contributed by atoms with van der Waals surface area (Å²) in [6.07, 6.45) is 1.46. The number of benzene rings is 3. The lowest BCUT2D eigenvalue weighted by molar-refractivity contribution is -0.122. The van der Waals surface area contributed by atoms with Crippen LogP contribution >= 0.6 is 31.9 Å². The summed E-state index contributed by atoms with van der Waals surface area (Å²) in [7, 11) is 0. The van der Waals surface area contributed by atoms with Crippen LogP contribution in [-0.4, -0.2) is 17.8 Å². The number of nitrogens with zero attached hydrogens (tertiary/aromatic N) is 1. The van der Waals surface area contributed by atoms with Crippen molar-refractivity contribution >= 4 is 61.5 Å². The molecule has 166 valence electrons. The second-order valence-corrected chi connectivity index (χ2v) is 9.15. The van der Waals surface area contributed by atoms with E-state index in [0.29, 0.717) is 23.6 Å². The molecule has 1 aliphatic heterocycles. The first kappa shape index (κ1) is 22.9. The van der Waals surface area contributed by atoms with Crippen molar-refractivity contribution in [2.45, 2.75) is 13.5 Å². The van der Waals surface area contributed by atoms with Gasteiger partial charge in [0, 0.05) is 8.95 Å². The van der Waals surface area contributed by atoms with Crippen molar-refractivity contribution in [3.8, 4) is 5.75 Å². The Morgan fingerprint density at radius 1 is 0.939 bits per heavy atom. The Morgan fingerprint density at radius 3 is 2.30 bits per heavy atom. The van der Waals surface area contributed by atoms with E-state index in [-0.39, 0.29) is 5.57 Å². The fourth-order valence-electron chi connectivity index (χ4n) is 3.23. The number of rotatable bonds is 5. The Kier molecular flexibility index (Phi) is 6.76. The molecule has 4 amide bonds. The number of carbonyl (C=O) groups excluding carboxylic acids is 3. The summed E-state index contributed by atoms with van der Waals surface area (Å²) < 4.78 is 7.64. The van der Waals surface area contributed by atoms with Gasteiger partial charge in [0.1, 0.15) is 17.9 Å². The third-order valence-corrected chi connectivity index (χ3v) is 6.43. The SMILES string of the molecule is Cc1cc(N2C(=O)NC(=O)/C(=C\c3ccc(OCc4ccc(Br)cc4)cc3)C2=O)ccc1Br. The van der Waals surface area contributed by atoms with Crippen molar-refractivity contribution < 1.29 is 19.1 Å². The third kappa shape index (κ3) is 5.23. The second-order valence-electron chi connectivity index (χ2n) is 7.38. The summed E-state index contributed by atoms with van der Waals surface area (Å²) in [4.78, 5) is 38.8. The molecule has 1 saturated heterocycles. The van der Waals surface area contributed by atoms with Gasteiger partial charge in [0.15, 0.2) is 0 Å². The maximum Gasteiger partial charge on any atom is 0.335 e. The largest absolute Gasteiger partial charge is 0.489 e. The minimum Gasteiger partial charge on any atom is -0.489 e. The maximum absolute atomic E-state index is 13.0. The number of halogens is 2. The Hall–Kier alpha value is -3.23. The lowest BCUT2D eigenvalue weighted by Gasteiger charge is -2.26. The average Bonchev–Trinajstić information content (AvgIpc) is 2.79. The van der Waals surface area contributed by atoms with Crippen LogP contribution in [0.1, 0.15) is 16.7 Å². The first-order valence-electron chi connectivity index (χ1n) is 9.97. The van der Waals surface area contributed by atoms with Crippen LogP contribution in [0.2, 0.25) is 0 Å². The topological polar surface area (TPSA) is 75.7 Å². The molecule has 4 rings (SSSR count). The van der Waals surface area contributed by atoms with Gasteiger partial charge in [-0.25, -0.2) is 9.69 Å². The minimum absolute atomic E-state index is 0.126. The van der Waals surface area contributed by atoms with Gasteiger partial charge in [-0.05, 0) is 72.2 Å². The monoisotopic (exact) mass is 568 g/mol. The molecular formula is C25H18Br2N2O4. The molecule has 0 radical (unpaired) electrons. The van der Waals surface area contributed by atoms with Crippen LogP contribution in [0.5, 0.6) is 5.75 Å². The molecular weight excluding hydrogens is 552 g/mol. The third-order valence-electron chi connectivity index (χ3n) is 5.01. The lowest BCUT2D eigenvalue weighted by atomic mass is 10.1. The Morgan fingerprint density at radius 2 is 1.64 bits per heavy atom. The molecule has 0 bridgehead atoms. The van der Waals surface area contributed by atoms with E-state index in [9.17, 15) is 14.4 Å². The van der Waals surface area contributed by atoms with E-state index in [1.165, 1.54) is 6.08 Å². The fraction of sp³-hybridized carbons (Fsp3) is 0.0800. The zero-order chi connectivity index (χ0) is 23.5. The smallest absolute Gasteiger partial charge is 0.335 e. The van der Waals surface area contributed by atoms with Gasteiger partial charge < -0.3 is 4.74 Å². The molecule has 8 heteroatoms. The molecule has 0 atom stereocenters. The van der Waals surface area contributed by atoms with E-state index in [2.05, 4.69) is 37.2 Å². The molecule has 3 aromatic rings. The number of urea groups is 1. The van der Waals surface area contributed by atoms with Gasteiger partial charge in [0.25, 0.3) is 11.8 Å². The molecule has 1 heterocycles. The maximum atomic E-state index is 13.0. The summed E-state index contributed by atoms with van der Waals surface area (Å²) in [5.74, 6) is -0.756. The predicted molar refractivity (Wildman–Crippen MR) is 133 cm³/mol. The highest BCUT2D eigenvalue weighted by Crippen LogP contribution is 2.27. The molecule has 6 nitrogen and oxygen atoms in total. The zero-order valence-electron chi connectivity index (χ0n) is 17.5. The summed E-state index contributed by atoms with van der Waals surface area (Å²) in [5.41, 5.74) is 2.77. The van der Waals surface area contributed by atoms with Crippen molar-refractivity contribution in [1.29, 1.82) is 0 Å². The highest BCUT2D eigenvalue weighted by atomic mass is 79.9. The summed E-state index contributed by atoms with van der Waals surface area (Å²) in [6, 6.07) is 19.2. The molecule has 1 aliphatic rings. The normalized spacial score (nSPS) is 15.1. The molecule has 3 aromatic carbocycles. The van der Waals surface area contributed by atoms with Crippen molar-refractivity contribution in [2.75, 3.05) is 4.90 Å². The highest BCUT2D eigenvalue weighted by molar-refractivity contribution is 9.10. The van der Waals surface area contributed by atoms with Gasteiger partial charge in [-0.15, -0.1) is 0 Å². The number of aryl methyl sites for hydroxylation is 1. The fourth-order valence-corrected chi connectivity index (χ4v) is 3.75. The number of imide groups is 2. The van der Waals surface area contributed by atoms with Crippen molar-refractivity contribution in [3.05, 3.63) is 97.9 Å². The number of anilines is 1. The van der Waals surface area contributed by atoms with E-state index in [0.717, 1.165) is 25.0 Å². The molecule has 1 fully saturated rings. The van der Waals surface area contributed by atoms with Crippen molar-refractivity contribution in [3.63, 3.8) is 0 Å². The molecule has 1 N–H and O–H groups in total. The van der Waals surface area contributed by atoms with Gasteiger partial charge >= 0.3 is 6.03 Å². The summed E-state index contributed by atoms with van der Waals surface area (Å²) in [5, 5.41) is 2.24. The second kappa shape index (κ2) is 9.72. The molecule has 0 saturated carbocycles. The van der Waals surface area contributed by atoms with Crippen LogP contribution < -0.4 is 15.0 Å². The van der Waals surface area contributed by atoms with Crippen LogP contribution in [-0.2, 0) is 16.2 Å². The van der Waals surface area contributed by atoms with Crippen LogP contribution in [0.15, 0.2) is 81.2 Å². The predicted octanol–water partition coefficient (Wildman–Crippen LogP) is 5.77. The van der Waals surface area contributed by atoms with Gasteiger partial charge in [-0.3, -0.25) is 14.9 Å². The van der Waals surface area contributed by atoms with Crippen LogP contribution in [0.25, 0.3) is 6.08 Å². The first-order chi connectivity index (χ1) is 15.8. The molecule has 0 aromatic heterocycles. The molecule has 33 heavy (non-hydrogen) atoms. The summed E-state index contributed by atoms with van der Waals surface area (Å²) in [6.45, 7) is 2.26. The van der Waals surface area contributed by atoms with Gasteiger partial charge in [0.05, 0.1) is 5.69 Å². The van der Waals surface area contributed by atoms with Gasteiger partial charge in [0.2, 0.25) is 0 Å². The Bertz CT molecular complexity index is 1270. The van der Waals surface area contributed by atoms with Crippen LogP contribution in [0.4, 0.5) is 10.5 Å².